The number of aromatic nitrogens is 3. The van der Waals surface area contributed by atoms with Crippen molar-refractivity contribution in [1.82, 2.24) is 15.2 Å². The molecule has 3 N–H and O–H groups in total. The SMILES string of the molecule is Cc1nc(-c2ccc(C)c(NC(=O)C3CCC3C(=O)O)c2)n[nH]1. The maximum Gasteiger partial charge on any atom is 0.307 e. The number of hydrogen-bond donors (Lipinski definition) is 3. The lowest BCUT2D eigenvalue weighted by molar-refractivity contribution is -0.151. The van der Waals surface area contributed by atoms with E-state index in [1.165, 1.54) is 0 Å². The van der Waals surface area contributed by atoms with E-state index in [0.717, 1.165) is 11.1 Å². The highest BCUT2D eigenvalue weighted by atomic mass is 16.4. The number of H-pyrrole nitrogens is 1. The standard InChI is InChI=1S/C16H18N4O3/c1-8-3-4-10(14-17-9(2)19-20-14)7-13(8)18-15(21)11-5-6-12(11)16(22)23/h3-4,7,11-12H,5-6H2,1-2H3,(H,18,21)(H,22,23)(H,17,19,20). The number of aromatic amines is 1. The molecule has 2 unspecified atom stereocenters. The highest BCUT2D eigenvalue weighted by molar-refractivity contribution is 5.97. The summed E-state index contributed by atoms with van der Waals surface area (Å²) in [4.78, 5) is 27.6. The number of rotatable bonds is 4. The Morgan fingerprint density at radius 2 is 2.00 bits per heavy atom. The molecule has 0 spiro atoms. The number of benzene rings is 1. The lowest BCUT2D eigenvalue weighted by Gasteiger charge is -2.32. The second-order valence-corrected chi connectivity index (χ2v) is 5.89. The monoisotopic (exact) mass is 314 g/mol. The summed E-state index contributed by atoms with van der Waals surface area (Å²) in [7, 11) is 0. The fourth-order valence-corrected chi connectivity index (χ4v) is 2.70. The largest absolute Gasteiger partial charge is 0.481 e. The van der Waals surface area contributed by atoms with Gasteiger partial charge in [-0.2, -0.15) is 5.10 Å². The van der Waals surface area contributed by atoms with E-state index in [9.17, 15) is 9.59 Å². The van der Waals surface area contributed by atoms with Gasteiger partial charge in [0, 0.05) is 11.3 Å². The van der Waals surface area contributed by atoms with Gasteiger partial charge in [0.25, 0.3) is 0 Å². The second-order valence-electron chi connectivity index (χ2n) is 5.89. The lowest BCUT2D eigenvalue weighted by Crippen LogP contribution is -2.41. The molecule has 1 saturated carbocycles. The number of aliphatic carboxylic acids is 1. The van der Waals surface area contributed by atoms with Gasteiger partial charge in [0.2, 0.25) is 5.91 Å². The molecule has 0 aliphatic heterocycles. The quantitative estimate of drug-likeness (QED) is 0.801. The van der Waals surface area contributed by atoms with Crippen LogP contribution in [0.1, 0.15) is 24.2 Å². The summed E-state index contributed by atoms with van der Waals surface area (Å²) in [5.74, 6) is -0.904. The Kier molecular flexibility index (Phi) is 3.85. The molecule has 0 bridgehead atoms. The Morgan fingerprint density at radius 3 is 2.57 bits per heavy atom. The van der Waals surface area contributed by atoms with Gasteiger partial charge in [-0.25, -0.2) is 4.98 Å². The van der Waals surface area contributed by atoms with E-state index in [1.54, 1.807) is 0 Å². The van der Waals surface area contributed by atoms with Crippen LogP contribution in [-0.4, -0.2) is 32.2 Å². The predicted octanol–water partition coefficient (Wildman–Crippen LogP) is 2.14. The van der Waals surface area contributed by atoms with Crippen LogP contribution in [0.2, 0.25) is 0 Å². The van der Waals surface area contributed by atoms with E-state index in [1.807, 2.05) is 32.0 Å². The number of hydrogen-bond acceptors (Lipinski definition) is 4. The minimum absolute atomic E-state index is 0.241. The van der Waals surface area contributed by atoms with Crippen LogP contribution < -0.4 is 5.32 Å². The van der Waals surface area contributed by atoms with Gasteiger partial charge in [-0.15, -0.1) is 0 Å². The van der Waals surface area contributed by atoms with Crippen molar-refractivity contribution < 1.29 is 14.7 Å². The average Bonchev–Trinajstić information content (AvgIpc) is 2.86. The molecule has 1 aromatic heterocycles. The van der Waals surface area contributed by atoms with Crippen LogP contribution in [-0.2, 0) is 9.59 Å². The lowest BCUT2D eigenvalue weighted by atomic mass is 9.73. The number of nitrogens with zero attached hydrogens (tertiary/aromatic N) is 2. The number of nitrogens with one attached hydrogen (secondary N) is 2. The summed E-state index contributed by atoms with van der Waals surface area (Å²) in [5.41, 5.74) is 2.35. The zero-order valence-corrected chi connectivity index (χ0v) is 13.0. The summed E-state index contributed by atoms with van der Waals surface area (Å²) in [6.07, 6.45) is 1.17. The average molecular weight is 314 g/mol. The minimum atomic E-state index is -0.905. The first-order valence-electron chi connectivity index (χ1n) is 7.49. The fraction of sp³-hybridized carbons (Fsp3) is 0.375. The number of anilines is 1. The van der Waals surface area contributed by atoms with Crippen LogP contribution >= 0.6 is 0 Å². The molecule has 1 aromatic carbocycles. The van der Waals surface area contributed by atoms with Gasteiger partial charge in [-0.3, -0.25) is 14.7 Å². The Bertz CT molecular complexity index is 768. The van der Waals surface area contributed by atoms with E-state index in [-0.39, 0.29) is 5.91 Å². The Hall–Kier alpha value is -2.70. The molecular formula is C16H18N4O3. The Balaban J connectivity index is 1.80. The zero-order valence-electron chi connectivity index (χ0n) is 13.0. The number of carbonyl (C=O) groups excluding carboxylic acids is 1. The van der Waals surface area contributed by atoms with Gasteiger partial charge in [0.05, 0.1) is 11.8 Å². The van der Waals surface area contributed by atoms with Crippen molar-refractivity contribution in [3.8, 4) is 11.4 Å². The Labute approximate surface area is 133 Å². The van der Waals surface area contributed by atoms with E-state index in [0.29, 0.717) is 30.2 Å². The third-order valence-electron chi connectivity index (χ3n) is 4.28. The number of aryl methyl sites for hydroxylation is 2. The Morgan fingerprint density at radius 1 is 1.26 bits per heavy atom. The molecular weight excluding hydrogens is 296 g/mol. The molecule has 0 saturated heterocycles. The summed E-state index contributed by atoms with van der Waals surface area (Å²) in [6.45, 7) is 3.70. The topological polar surface area (TPSA) is 108 Å². The van der Waals surface area contributed by atoms with Crippen molar-refractivity contribution in [3.05, 3.63) is 29.6 Å². The molecule has 2 atom stereocenters. The van der Waals surface area contributed by atoms with Crippen LogP contribution in [0.4, 0.5) is 5.69 Å². The molecule has 7 nitrogen and oxygen atoms in total. The summed E-state index contributed by atoms with van der Waals surface area (Å²) in [6, 6.07) is 5.58. The molecule has 1 fully saturated rings. The molecule has 1 heterocycles. The third kappa shape index (κ3) is 2.94. The van der Waals surface area contributed by atoms with E-state index in [4.69, 9.17) is 5.11 Å². The van der Waals surface area contributed by atoms with Crippen LogP contribution in [0.3, 0.4) is 0 Å². The summed E-state index contributed by atoms with van der Waals surface area (Å²) < 4.78 is 0. The van der Waals surface area contributed by atoms with E-state index < -0.39 is 17.8 Å². The molecule has 2 aromatic rings. The molecule has 1 amide bonds. The minimum Gasteiger partial charge on any atom is -0.481 e. The maximum absolute atomic E-state index is 12.3. The first-order valence-corrected chi connectivity index (χ1v) is 7.49. The first-order chi connectivity index (χ1) is 11.0. The van der Waals surface area contributed by atoms with E-state index >= 15 is 0 Å². The number of carboxylic acid groups (broad SMARTS) is 1. The van der Waals surface area contributed by atoms with Crippen molar-refractivity contribution in [2.24, 2.45) is 11.8 Å². The number of carboxylic acids is 1. The van der Waals surface area contributed by atoms with Gasteiger partial charge in [0.1, 0.15) is 5.82 Å². The predicted molar refractivity (Wildman–Crippen MR) is 83.8 cm³/mol. The van der Waals surface area contributed by atoms with Gasteiger partial charge in [0.15, 0.2) is 5.82 Å². The van der Waals surface area contributed by atoms with Gasteiger partial charge in [-0.05, 0) is 38.3 Å². The second kappa shape index (κ2) is 5.83. The molecule has 1 aliphatic carbocycles. The molecule has 7 heteroatoms. The molecule has 1 aliphatic rings. The highest BCUT2D eigenvalue weighted by Gasteiger charge is 2.41. The van der Waals surface area contributed by atoms with Crippen molar-refractivity contribution in [2.45, 2.75) is 26.7 Å². The molecule has 0 radical (unpaired) electrons. The fourth-order valence-electron chi connectivity index (χ4n) is 2.70. The van der Waals surface area contributed by atoms with Crippen LogP contribution in [0.5, 0.6) is 0 Å². The molecule has 3 rings (SSSR count). The number of carbonyl (C=O) groups is 2. The molecule has 23 heavy (non-hydrogen) atoms. The normalized spacial score (nSPS) is 19.9. The van der Waals surface area contributed by atoms with Gasteiger partial charge in [-0.1, -0.05) is 12.1 Å². The zero-order chi connectivity index (χ0) is 16.6. The maximum atomic E-state index is 12.3. The summed E-state index contributed by atoms with van der Waals surface area (Å²) >= 11 is 0. The van der Waals surface area contributed by atoms with Crippen LogP contribution in [0.25, 0.3) is 11.4 Å². The van der Waals surface area contributed by atoms with Crippen LogP contribution in [0, 0.1) is 25.7 Å². The van der Waals surface area contributed by atoms with Crippen LogP contribution in [0.15, 0.2) is 18.2 Å². The molecule has 120 valence electrons. The van der Waals surface area contributed by atoms with Gasteiger partial charge >= 0.3 is 5.97 Å². The van der Waals surface area contributed by atoms with Gasteiger partial charge < -0.3 is 10.4 Å². The first kappa shape index (κ1) is 15.2. The number of amides is 1. The third-order valence-corrected chi connectivity index (χ3v) is 4.28. The smallest absolute Gasteiger partial charge is 0.307 e. The van der Waals surface area contributed by atoms with Crippen molar-refractivity contribution in [1.29, 1.82) is 0 Å². The van der Waals surface area contributed by atoms with Crippen molar-refractivity contribution >= 4 is 17.6 Å². The summed E-state index contributed by atoms with van der Waals surface area (Å²) in [5, 5.41) is 18.8. The van der Waals surface area contributed by atoms with E-state index in [2.05, 4.69) is 20.5 Å². The highest BCUT2D eigenvalue weighted by Crippen LogP contribution is 2.35. The van der Waals surface area contributed by atoms with Crippen molar-refractivity contribution in [2.75, 3.05) is 5.32 Å². The van der Waals surface area contributed by atoms with Crippen molar-refractivity contribution in [3.63, 3.8) is 0 Å².